The van der Waals surface area contributed by atoms with Crippen LogP contribution in [0.2, 0.25) is 0 Å². The van der Waals surface area contributed by atoms with Gasteiger partial charge in [-0.1, -0.05) is 12.1 Å². The number of nitrogens with zero attached hydrogens (tertiary/aromatic N) is 3. The Hall–Kier alpha value is -3.35. The van der Waals surface area contributed by atoms with Gasteiger partial charge in [-0.3, -0.25) is 4.79 Å². The van der Waals surface area contributed by atoms with Crippen molar-refractivity contribution in [1.29, 1.82) is 0 Å². The molecule has 0 atom stereocenters. The summed E-state index contributed by atoms with van der Waals surface area (Å²) in [6.45, 7) is 2.36. The Morgan fingerprint density at radius 1 is 1.15 bits per heavy atom. The maximum Gasteiger partial charge on any atom is 0.241 e. The molecule has 0 aliphatic heterocycles. The van der Waals surface area contributed by atoms with Crippen molar-refractivity contribution in [1.82, 2.24) is 15.0 Å². The van der Waals surface area contributed by atoms with Gasteiger partial charge in [-0.15, -0.1) is 0 Å². The summed E-state index contributed by atoms with van der Waals surface area (Å²) in [5.41, 5.74) is 6.05. The van der Waals surface area contributed by atoms with Gasteiger partial charge < -0.3 is 14.0 Å². The molecule has 0 radical (unpaired) electrons. The normalized spacial score (nSPS) is 11.4. The SMILES string of the molecule is COc1ccc(/C(C)=N/NC(=O)CCn2cnc3ccccc32)cc1OC. The minimum absolute atomic E-state index is 0.160. The number of ether oxygens (including phenoxy) is 2. The van der Waals surface area contributed by atoms with E-state index in [4.69, 9.17) is 9.47 Å². The minimum Gasteiger partial charge on any atom is -0.493 e. The predicted octanol–water partition coefficient (Wildman–Crippen LogP) is 2.98. The lowest BCUT2D eigenvalue weighted by Gasteiger charge is -2.09. The smallest absolute Gasteiger partial charge is 0.241 e. The maximum atomic E-state index is 12.1. The molecular formula is C20H22N4O3. The summed E-state index contributed by atoms with van der Waals surface area (Å²) in [6.07, 6.45) is 2.05. The van der Waals surface area contributed by atoms with Crippen LogP contribution in [0.4, 0.5) is 0 Å². The van der Waals surface area contributed by atoms with E-state index in [1.165, 1.54) is 0 Å². The average molecular weight is 366 g/mol. The zero-order chi connectivity index (χ0) is 19.2. The average Bonchev–Trinajstić information content (AvgIpc) is 3.13. The van der Waals surface area contributed by atoms with E-state index >= 15 is 0 Å². The van der Waals surface area contributed by atoms with Crippen LogP contribution in [0.15, 0.2) is 53.9 Å². The summed E-state index contributed by atoms with van der Waals surface area (Å²) in [5, 5.41) is 4.18. The van der Waals surface area contributed by atoms with Crippen molar-refractivity contribution in [3.05, 3.63) is 54.4 Å². The minimum atomic E-state index is -0.160. The first-order valence-electron chi connectivity index (χ1n) is 8.57. The van der Waals surface area contributed by atoms with E-state index in [0.717, 1.165) is 16.6 Å². The van der Waals surface area contributed by atoms with Crippen molar-refractivity contribution in [2.45, 2.75) is 19.9 Å². The van der Waals surface area contributed by atoms with E-state index in [9.17, 15) is 4.79 Å². The topological polar surface area (TPSA) is 77.7 Å². The molecule has 0 aliphatic rings. The first kappa shape index (κ1) is 18.4. The molecule has 140 valence electrons. The number of hydrazone groups is 1. The van der Waals surface area contributed by atoms with E-state index in [0.29, 0.717) is 30.2 Å². The van der Waals surface area contributed by atoms with Crippen molar-refractivity contribution in [3.8, 4) is 11.5 Å². The first-order chi connectivity index (χ1) is 13.1. The summed E-state index contributed by atoms with van der Waals surface area (Å²) < 4.78 is 12.5. The van der Waals surface area contributed by atoms with Crippen LogP contribution >= 0.6 is 0 Å². The summed E-state index contributed by atoms with van der Waals surface area (Å²) in [7, 11) is 3.16. The summed E-state index contributed by atoms with van der Waals surface area (Å²) in [4.78, 5) is 16.5. The number of amides is 1. The number of imidazole rings is 1. The number of hydrogen-bond acceptors (Lipinski definition) is 5. The van der Waals surface area contributed by atoms with Crippen molar-refractivity contribution in [3.63, 3.8) is 0 Å². The number of rotatable bonds is 7. The molecule has 0 saturated heterocycles. The molecule has 0 spiro atoms. The maximum absolute atomic E-state index is 12.1. The van der Waals surface area contributed by atoms with Crippen molar-refractivity contribution < 1.29 is 14.3 Å². The van der Waals surface area contributed by atoms with Gasteiger partial charge in [0.25, 0.3) is 0 Å². The summed E-state index contributed by atoms with van der Waals surface area (Å²) in [6, 6.07) is 13.3. The molecule has 0 saturated carbocycles. The van der Waals surface area contributed by atoms with E-state index < -0.39 is 0 Å². The fourth-order valence-corrected chi connectivity index (χ4v) is 2.74. The lowest BCUT2D eigenvalue weighted by Crippen LogP contribution is -2.20. The third kappa shape index (κ3) is 4.25. The molecular weight excluding hydrogens is 344 g/mol. The van der Waals surface area contributed by atoms with Crippen LogP contribution in [0.5, 0.6) is 11.5 Å². The number of aromatic nitrogens is 2. The molecule has 0 unspecified atom stereocenters. The molecule has 0 aliphatic carbocycles. The lowest BCUT2D eigenvalue weighted by atomic mass is 10.1. The Morgan fingerprint density at radius 3 is 2.70 bits per heavy atom. The van der Waals surface area contributed by atoms with Gasteiger partial charge in [0.05, 0.1) is 37.3 Å². The quantitative estimate of drug-likeness (QED) is 0.515. The van der Waals surface area contributed by atoms with Crippen molar-refractivity contribution in [2.24, 2.45) is 5.10 Å². The highest BCUT2D eigenvalue weighted by Crippen LogP contribution is 2.27. The molecule has 0 fully saturated rings. The Balaban J connectivity index is 1.60. The van der Waals surface area contributed by atoms with Gasteiger partial charge in [0.15, 0.2) is 11.5 Å². The number of carbonyl (C=O) groups is 1. The van der Waals surface area contributed by atoms with Crippen LogP contribution in [0, 0.1) is 0 Å². The largest absolute Gasteiger partial charge is 0.493 e. The Bertz CT molecular complexity index is 978. The third-order valence-electron chi connectivity index (χ3n) is 4.26. The fraction of sp³-hybridized carbons (Fsp3) is 0.250. The number of aryl methyl sites for hydroxylation is 1. The molecule has 27 heavy (non-hydrogen) atoms. The molecule has 3 rings (SSSR count). The van der Waals surface area contributed by atoms with Crippen LogP contribution in [0.25, 0.3) is 11.0 Å². The molecule has 1 amide bonds. The van der Waals surface area contributed by atoms with Gasteiger partial charge >= 0.3 is 0 Å². The lowest BCUT2D eigenvalue weighted by molar-refractivity contribution is -0.121. The first-order valence-corrected chi connectivity index (χ1v) is 8.57. The van der Waals surface area contributed by atoms with Crippen LogP contribution in [0.1, 0.15) is 18.9 Å². The Morgan fingerprint density at radius 2 is 1.93 bits per heavy atom. The van der Waals surface area contributed by atoms with E-state index in [1.54, 1.807) is 26.6 Å². The van der Waals surface area contributed by atoms with Crippen LogP contribution < -0.4 is 14.9 Å². The van der Waals surface area contributed by atoms with Crippen LogP contribution in [-0.4, -0.2) is 35.4 Å². The molecule has 7 nitrogen and oxygen atoms in total. The highest BCUT2D eigenvalue weighted by molar-refractivity contribution is 5.99. The highest BCUT2D eigenvalue weighted by Gasteiger charge is 2.08. The number of hydrogen-bond donors (Lipinski definition) is 1. The number of benzene rings is 2. The molecule has 0 bridgehead atoms. The van der Waals surface area contributed by atoms with E-state index in [-0.39, 0.29) is 5.91 Å². The third-order valence-corrected chi connectivity index (χ3v) is 4.26. The number of fused-ring (bicyclic) bond motifs is 1. The number of methoxy groups -OCH3 is 2. The standard InChI is InChI=1S/C20H22N4O3/c1-14(15-8-9-18(26-2)19(12-15)27-3)22-23-20(25)10-11-24-13-21-16-6-4-5-7-17(16)24/h4-9,12-13H,10-11H2,1-3H3,(H,23,25)/b22-14+. The van der Waals surface area contributed by atoms with Crippen LogP contribution in [-0.2, 0) is 11.3 Å². The molecule has 1 heterocycles. The van der Waals surface area contributed by atoms with Gasteiger partial charge in [-0.2, -0.15) is 5.10 Å². The molecule has 3 aromatic rings. The van der Waals surface area contributed by atoms with Crippen LogP contribution in [0.3, 0.4) is 0 Å². The second-order valence-corrected chi connectivity index (χ2v) is 5.98. The zero-order valence-electron chi connectivity index (χ0n) is 15.6. The Labute approximate surface area is 157 Å². The molecule has 1 N–H and O–H groups in total. The monoisotopic (exact) mass is 366 g/mol. The summed E-state index contributed by atoms with van der Waals surface area (Å²) >= 11 is 0. The van der Waals surface area contributed by atoms with Gasteiger partial charge in [0.1, 0.15) is 0 Å². The van der Waals surface area contributed by atoms with Gasteiger partial charge in [0, 0.05) is 18.5 Å². The Kier molecular flexibility index (Phi) is 5.71. The fourth-order valence-electron chi connectivity index (χ4n) is 2.74. The van der Waals surface area contributed by atoms with Gasteiger partial charge in [-0.05, 0) is 37.3 Å². The number of para-hydroxylation sites is 2. The second kappa shape index (κ2) is 8.35. The number of carbonyl (C=O) groups excluding carboxylic acids is 1. The molecule has 7 heteroatoms. The predicted molar refractivity (Wildman–Crippen MR) is 104 cm³/mol. The van der Waals surface area contributed by atoms with Gasteiger partial charge in [0.2, 0.25) is 5.91 Å². The zero-order valence-corrected chi connectivity index (χ0v) is 15.6. The van der Waals surface area contributed by atoms with E-state index in [1.807, 2.05) is 47.9 Å². The second-order valence-electron chi connectivity index (χ2n) is 5.98. The molecule has 2 aromatic carbocycles. The van der Waals surface area contributed by atoms with Gasteiger partial charge in [-0.25, -0.2) is 10.4 Å². The highest BCUT2D eigenvalue weighted by atomic mass is 16.5. The van der Waals surface area contributed by atoms with E-state index in [2.05, 4.69) is 15.5 Å². The molecule has 1 aromatic heterocycles. The van der Waals surface area contributed by atoms with Crippen molar-refractivity contribution in [2.75, 3.05) is 14.2 Å². The number of nitrogens with one attached hydrogen (secondary N) is 1. The van der Waals surface area contributed by atoms with Crippen molar-refractivity contribution >= 4 is 22.7 Å². The summed E-state index contributed by atoms with van der Waals surface area (Å²) in [5.74, 6) is 1.10.